The molecule has 1 aromatic heterocycles. The van der Waals surface area contributed by atoms with Crippen molar-refractivity contribution in [1.29, 1.82) is 0 Å². The summed E-state index contributed by atoms with van der Waals surface area (Å²) >= 11 is 1.25. The molecule has 0 aliphatic carbocycles. The number of nitrogens with one attached hydrogen (secondary N) is 1. The van der Waals surface area contributed by atoms with Gasteiger partial charge in [0, 0.05) is 12.1 Å². The number of ether oxygens (including phenoxy) is 1. The monoisotopic (exact) mass is 622 g/mol. The van der Waals surface area contributed by atoms with Gasteiger partial charge in [-0.2, -0.15) is 4.99 Å². The number of nitrogens with zero attached hydrogens (tertiary/aromatic N) is 5. The van der Waals surface area contributed by atoms with E-state index in [-0.39, 0.29) is 23.3 Å². The molecule has 0 spiro atoms. The predicted molar refractivity (Wildman–Crippen MR) is 163 cm³/mol. The molecule has 1 fully saturated rings. The van der Waals surface area contributed by atoms with Crippen molar-refractivity contribution in [2.24, 2.45) is 4.99 Å². The number of aliphatic imine (C=N–C) groups is 1. The van der Waals surface area contributed by atoms with Crippen LogP contribution in [0.1, 0.15) is 36.5 Å². The quantitative estimate of drug-likeness (QED) is 0.236. The molecule has 1 N–H and O–H groups in total. The van der Waals surface area contributed by atoms with Crippen LogP contribution in [0.15, 0.2) is 78.0 Å². The van der Waals surface area contributed by atoms with Crippen molar-refractivity contribution in [3.63, 3.8) is 0 Å². The molecule has 3 aromatic carbocycles. The molecule has 0 bridgehead atoms. The Morgan fingerprint density at radius 1 is 1.09 bits per heavy atom. The van der Waals surface area contributed by atoms with Gasteiger partial charge in [-0.1, -0.05) is 62.0 Å². The Labute approximate surface area is 256 Å². The van der Waals surface area contributed by atoms with E-state index in [4.69, 9.17) is 0 Å². The summed E-state index contributed by atoms with van der Waals surface area (Å²) in [6.45, 7) is 6.49. The topological polar surface area (TPSA) is 102 Å². The van der Waals surface area contributed by atoms with Gasteiger partial charge in [0.1, 0.15) is 12.1 Å². The zero-order valence-electron chi connectivity index (χ0n) is 24.1. The molecular formula is C31H29F3N6O3S. The number of rotatable bonds is 8. The van der Waals surface area contributed by atoms with Gasteiger partial charge in [0.05, 0.1) is 17.1 Å². The van der Waals surface area contributed by atoms with Crippen molar-refractivity contribution < 1.29 is 27.5 Å². The zero-order chi connectivity index (χ0) is 31.4. The number of urea groups is 1. The molecule has 1 aliphatic heterocycles. The molecule has 3 amide bonds. The molecule has 1 aliphatic rings. The van der Waals surface area contributed by atoms with Crippen molar-refractivity contribution in [3.8, 4) is 22.8 Å². The number of benzene rings is 3. The number of alkyl halides is 3. The van der Waals surface area contributed by atoms with Crippen LogP contribution >= 0.6 is 11.8 Å². The van der Waals surface area contributed by atoms with Gasteiger partial charge in [-0.25, -0.2) is 14.5 Å². The van der Waals surface area contributed by atoms with Gasteiger partial charge in [-0.15, -0.1) is 18.3 Å². The second kappa shape index (κ2) is 12.9. The summed E-state index contributed by atoms with van der Waals surface area (Å²) in [4.78, 5) is 35.5. The van der Waals surface area contributed by atoms with E-state index in [1.54, 1.807) is 0 Å². The number of amidine groups is 1. The van der Waals surface area contributed by atoms with Crippen molar-refractivity contribution in [2.45, 2.75) is 39.5 Å². The third-order valence-corrected chi connectivity index (χ3v) is 7.73. The molecule has 228 valence electrons. The van der Waals surface area contributed by atoms with Gasteiger partial charge in [-0.3, -0.25) is 9.69 Å². The van der Waals surface area contributed by atoms with Crippen LogP contribution in [0.4, 0.5) is 23.7 Å². The average molecular weight is 623 g/mol. The highest BCUT2D eigenvalue weighted by Gasteiger charge is 2.33. The number of amides is 3. The van der Waals surface area contributed by atoms with Gasteiger partial charge in [0.2, 0.25) is 5.91 Å². The van der Waals surface area contributed by atoms with E-state index in [0.717, 1.165) is 27.9 Å². The molecule has 9 nitrogen and oxygen atoms in total. The molecule has 1 saturated heterocycles. The molecule has 0 radical (unpaired) electrons. The number of halogens is 3. The highest BCUT2D eigenvalue weighted by atomic mass is 32.2. The van der Waals surface area contributed by atoms with Crippen LogP contribution < -0.4 is 15.0 Å². The minimum Gasteiger partial charge on any atom is -0.406 e. The normalized spacial score (nSPS) is 14.5. The molecule has 2 heterocycles. The largest absolute Gasteiger partial charge is 0.573 e. The molecule has 0 atom stereocenters. The number of thioether (sulfide) groups is 1. The first-order chi connectivity index (χ1) is 21.0. The molecule has 0 saturated carbocycles. The van der Waals surface area contributed by atoms with E-state index in [1.807, 2.05) is 49.4 Å². The Morgan fingerprint density at radius 2 is 1.82 bits per heavy atom. The molecular weight excluding hydrogens is 593 g/mol. The van der Waals surface area contributed by atoms with Crippen LogP contribution in [0.2, 0.25) is 0 Å². The lowest BCUT2D eigenvalue weighted by molar-refractivity contribution is -0.274. The van der Waals surface area contributed by atoms with Crippen LogP contribution in [0.25, 0.3) is 17.1 Å². The lowest BCUT2D eigenvalue weighted by atomic mass is 9.95. The van der Waals surface area contributed by atoms with Gasteiger partial charge >= 0.3 is 12.4 Å². The summed E-state index contributed by atoms with van der Waals surface area (Å²) in [5.74, 6) is 0.429. The first kappa shape index (κ1) is 30.8. The van der Waals surface area contributed by atoms with Crippen LogP contribution in [0, 0.1) is 6.92 Å². The van der Waals surface area contributed by atoms with E-state index in [1.165, 1.54) is 51.9 Å². The lowest BCUT2D eigenvalue weighted by Gasteiger charge is -2.23. The van der Waals surface area contributed by atoms with Crippen LogP contribution in [0.5, 0.6) is 5.75 Å². The highest BCUT2D eigenvalue weighted by Crippen LogP contribution is 2.35. The molecule has 0 unspecified atom stereocenters. The van der Waals surface area contributed by atoms with Crippen molar-refractivity contribution in [1.82, 2.24) is 20.1 Å². The van der Waals surface area contributed by atoms with E-state index in [2.05, 4.69) is 39.0 Å². The summed E-state index contributed by atoms with van der Waals surface area (Å²) < 4.78 is 42.5. The first-order valence-corrected chi connectivity index (χ1v) is 14.8. The van der Waals surface area contributed by atoms with E-state index in [0.29, 0.717) is 29.6 Å². The number of aryl methyl sites for hydroxylation is 1. The summed E-state index contributed by atoms with van der Waals surface area (Å²) in [6.07, 6.45) is -2.73. The fraction of sp³-hybridized carbons (Fsp3) is 0.258. The van der Waals surface area contributed by atoms with Crippen LogP contribution in [0.3, 0.4) is 0 Å². The number of carbonyl (C=O) groups is 2. The standard InChI is InChI=1S/C31H29F3N6O3S/c1-19(2)27-20(3)5-4-6-25(27)40-26(41)17-44-30(40)37-29(42)35-16-15-21-7-9-22(10-8-21)28-36-18-39(38-28)23-11-13-24(14-12-23)43-31(32,33)34/h4-14,18-19H,15-17H2,1-3H3,(H,35,42)/b37-30-. The fourth-order valence-electron chi connectivity index (χ4n) is 4.87. The Hall–Kier alpha value is -4.65. The number of hydrogen-bond donors (Lipinski definition) is 1. The van der Waals surface area contributed by atoms with E-state index >= 15 is 0 Å². The Bertz CT molecular complexity index is 1690. The smallest absolute Gasteiger partial charge is 0.406 e. The number of anilines is 1. The Balaban J connectivity index is 1.17. The second-order valence-electron chi connectivity index (χ2n) is 10.3. The summed E-state index contributed by atoms with van der Waals surface area (Å²) in [7, 11) is 0. The molecule has 44 heavy (non-hydrogen) atoms. The number of carbonyl (C=O) groups excluding carboxylic acids is 2. The number of hydrogen-bond acceptors (Lipinski definition) is 6. The van der Waals surface area contributed by atoms with Crippen molar-refractivity contribution >= 4 is 34.6 Å². The maximum absolute atomic E-state index is 12.8. The maximum Gasteiger partial charge on any atom is 0.573 e. The molecule has 5 rings (SSSR count). The van der Waals surface area contributed by atoms with Gasteiger partial charge in [-0.05, 0) is 66.3 Å². The minimum atomic E-state index is -4.76. The third kappa shape index (κ3) is 7.28. The fourth-order valence-corrected chi connectivity index (χ4v) is 5.73. The maximum atomic E-state index is 12.8. The summed E-state index contributed by atoms with van der Waals surface area (Å²) in [5.41, 5.74) is 5.13. The lowest BCUT2D eigenvalue weighted by Crippen LogP contribution is -2.32. The predicted octanol–water partition coefficient (Wildman–Crippen LogP) is 6.65. The molecule has 4 aromatic rings. The second-order valence-corrected chi connectivity index (χ2v) is 11.3. The Morgan fingerprint density at radius 3 is 2.50 bits per heavy atom. The SMILES string of the molecule is Cc1cccc(N2C(=O)CS/C2=N\C(=O)NCCc2ccc(-c3ncn(-c4ccc(OC(F)(F)F)cc4)n3)cc2)c1C(C)C. The number of aromatic nitrogens is 3. The minimum absolute atomic E-state index is 0.109. The van der Waals surface area contributed by atoms with E-state index < -0.39 is 12.4 Å². The zero-order valence-corrected chi connectivity index (χ0v) is 24.9. The molecule has 13 heteroatoms. The van der Waals surface area contributed by atoms with Crippen molar-refractivity contribution in [2.75, 3.05) is 17.2 Å². The van der Waals surface area contributed by atoms with Crippen molar-refractivity contribution in [3.05, 3.63) is 89.7 Å². The first-order valence-electron chi connectivity index (χ1n) is 13.8. The van der Waals surface area contributed by atoms with Crippen LogP contribution in [-0.4, -0.2) is 50.5 Å². The summed E-state index contributed by atoms with van der Waals surface area (Å²) in [5, 5.41) is 7.58. The van der Waals surface area contributed by atoms with Gasteiger partial charge < -0.3 is 10.1 Å². The third-order valence-electron chi connectivity index (χ3n) is 6.81. The van der Waals surface area contributed by atoms with Gasteiger partial charge in [0.15, 0.2) is 11.0 Å². The van der Waals surface area contributed by atoms with E-state index in [9.17, 15) is 22.8 Å². The highest BCUT2D eigenvalue weighted by molar-refractivity contribution is 8.15. The van der Waals surface area contributed by atoms with Gasteiger partial charge in [0.25, 0.3) is 0 Å². The van der Waals surface area contributed by atoms with Crippen LogP contribution in [-0.2, 0) is 11.2 Å². The average Bonchev–Trinajstić information content (AvgIpc) is 3.60. The Kier molecular flexibility index (Phi) is 9.04. The summed E-state index contributed by atoms with van der Waals surface area (Å²) in [6, 6.07) is 18.1.